The number of morpholine rings is 1. The average molecular weight is 332 g/mol. The van der Waals surface area contributed by atoms with Crippen molar-refractivity contribution in [1.82, 2.24) is 0 Å². The van der Waals surface area contributed by atoms with Crippen LogP contribution < -0.4 is 4.90 Å². The lowest BCUT2D eigenvalue weighted by molar-refractivity contribution is 0.0703. The first-order chi connectivity index (χ1) is 11.1. The van der Waals surface area contributed by atoms with Crippen molar-refractivity contribution in [2.24, 2.45) is 0 Å². The van der Waals surface area contributed by atoms with Crippen molar-refractivity contribution in [3.05, 3.63) is 46.4 Å². The highest BCUT2D eigenvalue weighted by Gasteiger charge is 2.28. The molecule has 1 aliphatic heterocycles. The summed E-state index contributed by atoms with van der Waals surface area (Å²) in [6.07, 6.45) is 0. The minimum Gasteiger partial charge on any atom is -0.477 e. The lowest BCUT2D eigenvalue weighted by Crippen LogP contribution is -2.35. The van der Waals surface area contributed by atoms with E-state index in [1.165, 1.54) is 18.2 Å². The smallest absolute Gasteiger partial charge is 0.345 e. The Morgan fingerprint density at radius 2 is 2.04 bits per heavy atom. The molecule has 1 N–H and O–H groups in total. The summed E-state index contributed by atoms with van der Waals surface area (Å²) >= 11 is 1.02. The van der Waals surface area contributed by atoms with Gasteiger partial charge in [0.25, 0.3) is 0 Å². The molecule has 3 rings (SSSR count). The van der Waals surface area contributed by atoms with E-state index in [1.54, 1.807) is 6.07 Å². The summed E-state index contributed by atoms with van der Waals surface area (Å²) in [6.45, 7) is 9.68. The van der Waals surface area contributed by atoms with E-state index in [2.05, 4.69) is 4.85 Å². The molecule has 1 aromatic heterocycles. The quantitative estimate of drug-likeness (QED) is 0.872. The normalized spacial score (nSPS) is 14.5. The van der Waals surface area contributed by atoms with Gasteiger partial charge in [0.1, 0.15) is 10.7 Å². The van der Waals surface area contributed by atoms with Gasteiger partial charge in [0.05, 0.1) is 24.8 Å². The summed E-state index contributed by atoms with van der Waals surface area (Å²) in [4.78, 5) is 17.0. The summed E-state index contributed by atoms with van der Waals surface area (Å²) < 4.78 is 19.5. The molecule has 0 atom stereocenters. The third-order valence-corrected chi connectivity index (χ3v) is 4.84. The molecule has 1 aliphatic rings. The largest absolute Gasteiger partial charge is 0.477 e. The monoisotopic (exact) mass is 332 g/mol. The fourth-order valence-electron chi connectivity index (χ4n) is 2.56. The second-order valence-electron chi connectivity index (χ2n) is 4.96. The number of hydrogen-bond donors (Lipinski definition) is 1. The number of halogens is 1. The number of rotatable bonds is 3. The Kier molecular flexibility index (Phi) is 4.28. The number of benzene rings is 1. The number of carboxylic acid groups (broad SMARTS) is 1. The molecule has 5 nitrogen and oxygen atoms in total. The number of ether oxygens (including phenoxy) is 1. The number of carboxylic acids is 1. The Labute approximate surface area is 136 Å². The number of anilines is 1. The molecule has 2 aromatic rings. The van der Waals surface area contributed by atoms with Crippen molar-refractivity contribution in [3.63, 3.8) is 0 Å². The predicted molar refractivity (Wildman–Crippen MR) is 86.0 cm³/mol. The predicted octanol–water partition coefficient (Wildman–Crippen LogP) is 3.64. The van der Waals surface area contributed by atoms with Crippen LogP contribution in [0, 0.1) is 12.4 Å². The molecule has 0 bridgehead atoms. The van der Waals surface area contributed by atoms with Gasteiger partial charge in [-0.05, 0) is 6.07 Å². The topological polar surface area (TPSA) is 54.1 Å². The van der Waals surface area contributed by atoms with Crippen molar-refractivity contribution < 1.29 is 19.0 Å². The molecule has 0 saturated carbocycles. The first kappa shape index (κ1) is 15.5. The molecule has 1 saturated heterocycles. The highest BCUT2D eigenvalue weighted by Crippen LogP contribution is 2.49. The van der Waals surface area contributed by atoms with Gasteiger partial charge in [-0.3, -0.25) is 0 Å². The molecule has 0 amide bonds. The van der Waals surface area contributed by atoms with E-state index in [9.17, 15) is 14.3 Å². The Morgan fingerprint density at radius 1 is 1.35 bits per heavy atom. The summed E-state index contributed by atoms with van der Waals surface area (Å²) in [7, 11) is 0. The van der Waals surface area contributed by atoms with Gasteiger partial charge in [0, 0.05) is 24.2 Å². The zero-order valence-electron chi connectivity index (χ0n) is 12.1. The molecular weight excluding hydrogens is 319 g/mol. The van der Waals surface area contributed by atoms with Gasteiger partial charge < -0.3 is 14.7 Å². The molecule has 0 unspecified atom stereocenters. The second kappa shape index (κ2) is 6.36. The number of hydrogen-bond acceptors (Lipinski definition) is 4. The lowest BCUT2D eigenvalue weighted by atomic mass is 10.0. The zero-order valence-corrected chi connectivity index (χ0v) is 12.9. The summed E-state index contributed by atoms with van der Waals surface area (Å²) in [5, 5.41) is 10.1. The van der Waals surface area contributed by atoms with Gasteiger partial charge in [-0.25, -0.2) is 14.0 Å². The van der Waals surface area contributed by atoms with E-state index in [1.807, 2.05) is 4.90 Å². The van der Waals surface area contributed by atoms with Gasteiger partial charge >= 0.3 is 5.97 Å². The van der Waals surface area contributed by atoms with Gasteiger partial charge in [-0.15, -0.1) is 11.3 Å². The van der Waals surface area contributed by atoms with E-state index >= 15 is 0 Å². The van der Waals surface area contributed by atoms with Crippen LogP contribution in [0.25, 0.3) is 16.0 Å². The summed E-state index contributed by atoms with van der Waals surface area (Å²) in [5.41, 5.74) is 0.503. The van der Waals surface area contributed by atoms with Crippen molar-refractivity contribution >= 4 is 28.0 Å². The van der Waals surface area contributed by atoms with Crippen molar-refractivity contribution in [3.8, 4) is 11.1 Å². The highest BCUT2D eigenvalue weighted by molar-refractivity contribution is 7.19. The minimum atomic E-state index is -1.15. The number of thiophene rings is 1. The molecule has 118 valence electrons. The third-order valence-electron chi connectivity index (χ3n) is 3.61. The van der Waals surface area contributed by atoms with Gasteiger partial charge in [-0.1, -0.05) is 18.2 Å². The third kappa shape index (κ3) is 2.79. The van der Waals surface area contributed by atoms with E-state index < -0.39 is 11.8 Å². The van der Waals surface area contributed by atoms with Crippen molar-refractivity contribution in [1.29, 1.82) is 0 Å². The Balaban J connectivity index is 2.21. The molecular formula is C16H13FN2O3S. The SMILES string of the molecule is [C-]#[N+]c1c(N2CCOCC2)sc(C(=O)O)c1-c1ccccc1F. The Bertz CT molecular complexity index is 791. The van der Waals surface area contributed by atoms with E-state index in [0.29, 0.717) is 31.3 Å². The van der Waals surface area contributed by atoms with Crippen LogP contribution >= 0.6 is 11.3 Å². The van der Waals surface area contributed by atoms with E-state index in [-0.39, 0.29) is 21.7 Å². The van der Waals surface area contributed by atoms with Crippen LogP contribution in [0.5, 0.6) is 0 Å². The molecule has 1 aromatic carbocycles. The zero-order chi connectivity index (χ0) is 16.4. The van der Waals surface area contributed by atoms with E-state index in [0.717, 1.165) is 11.3 Å². The van der Waals surface area contributed by atoms with Crippen LogP contribution in [-0.2, 0) is 4.74 Å². The Morgan fingerprint density at radius 3 is 2.65 bits per heavy atom. The van der Waals surface area contributed by atoms with Crippen LogP contribution in [0.3, 0.4) is 0 Å². The fraction of sp³-hybridized carbons (Fsp3) is 0.250. The molecule has 0 spiro atoms. The summed E-state index contributed by atoms with van der Waals surface area (Å²) in [6, 6.07) is 5.93. The first-order valence-electron chi connectivity index (χ1n) is 6.98. The van der Waals surface area contributed by atoms with Crippen LogP contribution in [-0.4, -0.2) is 37.4 Å². The minimum absolute atomic E-state index is 0.0115. The van der Waals surface area contributed by atoms with Crippen molar-refractivity contribution in [2.45, 2.75) is 0 Å². The highest BCUT2D eigenvalue weighted by atomic mass is 32.1. The number of aromatic carboxylic acids is 1. The van der Waals surface area contributed by atoms with Gasteiger partial charge in [-0.2, -0.15) is 0 Å². The first-order valence-corrected chi connectivity index (χ1v) is 7.80. The molecule has 2 heterocycles. The van der Waals surface area contributed by atoms with Crippen LogP contribution in [0.2, 0.25) is 0 Å². The van der Waals surface area contributed by atoms with Crippen molar-refractivity contribution in [2.75, 3.05) is 31.2 Å². The number of carbonyl (C=O) groups is 1. The average Bonchev–Trinajstić information content (AvgIpc) is 2.95. The molecule has 0 radical (unpaired) electrons. The molecule has 23 heavy (non-hydrogen) atoms. The standard InChI is InChI=1S/C16H13FN2O3S/c1-18-13-12(10-4-2-3-5-11(10)17)14(16(20)21)23-15(13)19-6-8-22-9-7-19/h2-5H,6-9H2,(H,20,21). The van der Waals surface area contributed by atoms with Crippen LogP contribution in [0.15, 0.2) is 24.3 Å². The van der Waals surface area contributed by atoms with Crippen LogP contribution in [0.1, 0.15) is 9.67 Å². The van der Waals surface area contributed by atoms with Gasteiger partial charge in [0.15, 0.2) is 0 Å². The van der Waals surface area contributed by atoms with Gasteiger partial charge in [0.2, 0.25) is 5.69 Å². The fourth-order valence-corrected chi connectivity index (χ4v) is 3.70. The molecule has 7 heteroatoms. The summed E-state index contributed by atoms with van der Waals surface area (Å²) in [5.74, 6) is -1.69. The molecule has 0 aliphatic carbocycles. The maximum Gasteiger partial charge on any atom is 0.345 e. The maximum absolute atomic E-state index is 14.2. The second-order valence-corrected chi connectivity index (χ2v) is 5.96. The van der Waals surface area contributed by atoms with E-state index in [4.69, 9.17) is 11.3 Å². The maximum atomic E-state index is 14.2. The van der Waals surface area contributed by atoms with Crippen LogP contribution in [0.4, 0.5) is 15.1 Å². The lowest BCUT2D eigenvalue weighted by Gasteiger charge is -2.28. The Hall–Kier alpha value is -2.43. The number of nitrogens with zero attached hydrogens (tertiary/aromatic N) is 2. The molecule has 1 fully saturated rings.